The van der Waals surface area contributed by atoms with E-state index in [1.54, 1.807) is 0 Å². The molecule has 0 radical (unpaired) electrons. The van der Waals surface area contributed by atoms with Crippen LogP contribution in [0, 0.1) is 50.2 Å². The van der Waals surface area contributed by atoms with E-state index in [0.29, 0.717) is 32.1 Å². The van der Waals surface area contributed by atoms with E-state index in [-0.39, 0.29) is 43.9 Å². The lowest BCUT2D eigenvalue weighted by Gasteiger charge is -2.72. The lowest BCUT2D eigenvalue weighted by molar-refractivity contribution is -0.380. The molecule has 5 heterocycles. The Kier molecular flexibility index (Phi) is 27.1. The minimum atomic E-state index is -2.15. The predicted molar refractivity (Wildman–Crippen MR) is 369 cm³/mol. The van der Waals surface area contributed by atoms with E-state index in [0.717, 1.165) is 5.57 Å². The summed E-state index contributed by atoms with van der Waals surface area (Å²) < 4.78 is 82.8. The highest BCUT2D eigenvalue weighted by molar-refractivity contribution is 5.80. The fourth-order valence-electron chi connectivity index (χ4n) is 20.0. The second-order valence-corrected chi connectivity index (χ2v) is 34.7. The largest absolute Gasteiger partial charge is 0.462 e. The molecule has 5 aliphatic heterocycles. The standard InChI is InChI=1S/C75H120O34/c1-30(77)21-45(81)97-31(2)22-46(82)98-32(3)23-47(83)99-33(4)24-48(84)104-61-51(87)36(7)102-68(62(61)107-66-57(93)54(90)59(37(8)103-66)105-64-58(94)60(41(79)28-96-64)106-65-55(91)52(88)49(85)34(5)100-65)109-69(95)75-20-19-70(9,10)25-39(75)38-15-16-43-71(11)26-40(78)63(108-67-56(92)53(89)50(86)35(6)101-67)72(12,29-76)42(71)17-18-73(43,13)74(38,14)27-44(75)80/h15,30-37,39-44,49-68,76-80,85-94H,16-29H2,1-14H3. The van der Waals surface area contributed by atoms with Crippen molar-refractivity contribution in [2.75, 3.05) is 13.2 Å². The van der Waals surface area contributed by atoms with Gasteiger partial charge in [-0.25, -0.2) is 0 Å². The maximum atomic E-state index is 16.1. The number of hydrogen-bond donors (Lipinski definition) is 15. The molecule has 9 fully saturated rings. The van der Waals surface area contributed by atoms with Gasteiger partial charge in [-0.2, -0.15) is 0 Å². The van der Waals surface area contributed by atoms with E-state index >= 15 is 4.79 Å². The molecule has 10 aliphatic rings. The summed E-state index contributed by atoms with van der Waals surface area (Å²) in [5.41, 5.74) is -4.53. The summed E-state index contributed by atoms with van der Waals surface area (Å²) in [5.74, 6) is -5.74. The third-order valence-corrected chi connectivity index (χ3v) is 26.2. The highest BCUT2D eigenvalue weighted by Gasteiger charge is 2.74. The molecule has 109 heavy (non-hydrogen) atoms. The first-order valence-corrected chi connectivity index (χ1v) is 38.5. The molecule has 0 aromatic rings. The van der Waals surface area contributed by atoms with Crippen LogP contribution in [-0.4, -0.2) is 310 Å². The third-order valence-electron chi connectivity index (χ3n) is 26.2. The smallest absolute Gasteiger partial charge is 0.317 e. The van der Waals surface area contributed by atoms with E-state index in [1.165, 1.54) is 55.4 Å². The van der Waals surface area contributed by atoms with Gasteiger partial charge in [0.2, 0.25) is 6.29 Å². The van der Waals surface area contributed by atoms with Crippen LogP contribution in [0.2, 0.25) is 0 Å². The molecule has 624 valence electrons. The van der Waals surface area contributed by atoms with E-state index in [4.69, 9.17) is 66.3 Å². The van der Waals surface area contributed by atoms with Crippen molar-refractivity contribution in [3.05, 3.63) is 11.6 Å². The molecule has 0 spiro atoms. The van der Waals surface area contributed by atoms with Crippen LogP contribution in [0.4, 0.5) is 0 Å². The van der Waals surface area contributed by atoms with Crippen LogP contribution in [0.3, 0.4) is 0 Å². The van der Waals surface area contributed by atoms with E-state index < -0.39 is 284 Å². The predicted octanol–water partition coefficient (Wildman–Crippen LogP) is -1.26. The summed E-state index contributed by atoms with van der Waals surface area (Å²) >= 11 is 0. The Hall–Kier alpha value is -3.87. The first-order chi connectivity index (χ1) is 50.8. The molecule has 10 rings (SSSR count). The Morgan fingerprint density at radius 2 is 0.982 bits per heavy atom. The number of hydrogen-bond acceptors (Lipinski definition) is 34. The molecule has 34 heteroatoms. The summed E-state index contributed by atoms with van der Waals surface area (Å²) in [6.07, 6.45) is -45.0. The monoisotopic (exact) mass is 1560 g/mol. The summed E-state index contributed by atoms with van der Waals surface area (Å²) in [5, 5.41) is 169. The van der Waals surface area contributed by atoms with Crippen molar-refractivity contribution in [2.45, 2.75) is 364 Å². The number of carbonyl (C=O) groups excluding carboxylic acids is 5. The Bertz CT molecular complexity index is 3200. The minimum absolute atomic E-state index is 0.0377. The van der Waals surface area contributed by atoms with Crippen molar-refractivity contribution in [3.8, 4) is 0 Å². The first-order valence-electron chi connectivity index (χ1n) is 38.5. The number of esters is 5. The van der Waals surface area contributed by atoms with Crippen molar-refractivity contribution < 1.29 is 167 Å². The highest BCUT2D eigenvalue weighted by atomic mass is 16.8. The molecule has 0 aromatic heterocycles. The van der Waals surface area contributed by atoms with E-state index in [2.05, 4.69) is 40.7 Å². The number of aliphatic hydroxyl groups excluding tert-OH is 15. The van der Waals surface area contributed by atoms with Gasteiger partial charge in [0.05, 0.1) is 87.7 Å². The van der Waals surface area contributed by atoms with E-state index in [1.807, 2.05) is 6.92 Å². The molecule has 5 saturated heterocycles. The van der Waals surface area contributed by atoms with Gasteiger partial charge in [-0.05, 0) is 146 Å². The van der Waals surface area contributed by atoms with Gasteiger partial charge in [0.25, 0.3) is 0 Å². The Morgan fingerprint density at radius 1 is 0.486 bits per heavy atom. The Balaban J connectivity index is 0.901. The van der Waals surface area contributed by atoms with Crippen molar-refractivity contribution in [3.63, 3.8) is 0 Å². The van der Waals surface area contributed by atoms with Crippen LogP contribution < -0.4 is 0 Å². The lowest BCUT2D eigenvalue weighted by Crippen LogP contribution is -2.70. The molecule has 39 atom stereocenters. The molecule has 4 saturated carbocycles. The topological polar surface area (TPSA) is 518 Å². The van der Waals surface area contributed by atoms with Gasteiger partial charge in [0.15, 0.2) is 37.4 Å². The Labute approximate surface area is 633 Å². The van der Waals surface area contributed by atoms with Gasteiger partial charge in [0.1, 0.15) is 103 Å². The molecule has 0 aromatic carbocycles. The number of ether oxygens (including phenoxy) is 14. The zero-order valence-corrected chi connectivity index (χ0v) is 64.6. The molecule has 0 amide bonds. The highest BCUT2D eigenvalue weighted by Crippen LogP contribution is 2.76. The fraction of sp³-hybridized carbons (Fsp3) is 0.907. The number of fused-ring (bicyclic) bond motifs is 7. The fourth-order valence-corrected chi connectivity index (χ4v) is 20.0. The first kappa shape index (κ1) is 87.5. The second kappa shape index (κ2) is 33.8. The van der Waals surface area contributed by atoms with E-state index in [9.17, 15) is 95.8 Å². The normalized spacial score (nSPS) is 48.0. The average molecular weight is 1570 g/mol. The van der Waals surface area contributed by atoms with Crippen molar-refractivity contribution in [2.24, 2.45) is 50.2 Å². The summed E-state index contributed by atoms with van der Waals surface area (Å²) in [6.45, 7) is 22.7. The number of allylic oxidation sites excluding steroid dienone is 2. The van der Waals surface area contributed by atoms with Gasteiger partial charge in [-0.15, -0.1) is 0 Å². The molecular formula is C75H120O34. The van der Waals surface area contributed by atoms with Crippen LogP contribution in [0.5, 0.6) is 0 Å². The quantitative estimate of drug-likeness (QED) is 0.0246. The maximum Gasteiger partial charge on any atom is 0.317 e. The summed E-state index contributed by atoms with van der Waals surface area (Å²) in [4.78, 5) is 68.4. The number of rotatable bonds is 23. The van der Waals surface area contributed by atoms with Gasteiger partial charge < -0.3 is 143 Å². The molecule has 0 bridgehead atoms. The van der Waals surface area contributed by atoms with Crippen LogP contribution in [0.1, 0.15) is 174 Å². The second-order valence-electron chi connectivity index (χ2n) is 34.7. The molecule has 39 unspecified atom stereocenters. The average Bonchev–Trinajstić information content (AvgIpc) is 0.669. The molecular weight excluding hydrogens is 1440 g/mol. The van der Waals surface area contributed by atoms with Crippen molar-refractivity contribution >= 4 is 29.8 Å². The molecule has 15 N–H and O–H groups in total. The zero-order valence-electron chi connectivity index (χ0n) is 64.6. The summed E-state index contributed by atoms with van der Waals surface area (Å²) in [6, 6.07) is 0. The lowest BCUT2D eigenvalue weighted by atomic mass is 9.33. The number of carbonyl (C=O) groups is 5. The number of aliphatic hydroxyl groups is 15. The van der Waals surface area contributed by atoms with Crippen molar-refractivity contribution in [1.82, 2.24) is 0 Å². The zero-order chi connectivity index (χ0) is 80.6. The SMILES string of the molecule is CC(O)CC(=O)OC(C)CC(=O)OC(C)CC(=O)OC(C)CC(=O)OC1C(O)C(C)OC(OC(=O)C23CCC(C)(C)CC2C2=CCC4C5(C)CC(O)C(OC6OC(C)C(O)C(O)C6O)C(C)(CO)C5CCC4(C)C2(C)CC3O)C1OC1OC(C)C(OC2OCC(O)C(OC3OC(C)C(O)C(O)C3O)C2O)C(O)C1O. The van der Waals surface area contributed by atoms with Gasteiger partial charge in [0, 0.05) is 5.41 Å². The van der Waals surface area contributed by atoms with Crippen LogP contribution in [-0.2, 0) is 90.3 Å². The van der Waals surface area contributed by atoms with Crippen LogP contribution >= 0.6 is 0 Å². The third kappa shape index (κ3) is 17.1. The van der Waals surface area contributed by atoms with Gasteiger partial charge in [-0.1, -0.05) is 53.2 Å². The minimum Gasteiger partial charge on any atom is -0.462 e. The van der Waals surface area contributed by atoms with Gasteiger partial charge in [-0.3, -0.25) is 24.0 Å². The molecule has 5 aliphatic carbocycles. The van der Waals surface area contributed by atoms with Crippen molar-refractivity contribution in [1.29, 1.82) is 0 Å². The Morgan fingerprint density at radius 3 is 1.54 bits per heavy atom. The summed E-state index contributed by atoms with van der Waals surface area (Å²) in [7, 11) is 0. The van der Waals surface area contributed by atoms with Gasteiger partial charge >= 0.3 is 29.8 Å². The maximum absolute atomic E-state index is 16.1. The molecule has 34 nitrogen and oxygen atoms in total. The van der Waals surface area contributed by atoms with Crippen LogP contribution in [0.15, 0.2) is 11.6 Å². The van der Waals surface area contributed by atoms with Crippen LogP contribution in [0.25, 0.3) is 0 Å².